The molecular formula is C14H26ClNO. The first-order valence-corrected chi connectivity index (χ1v) is 7.50. The Hall–Kier alpha value is -0.240. The largest absolute Gasteiger partial charge is 0.351 e. The Bertz CT molecular complexity index is 238. The summed E-state index contributed by atoms with van der Waals surface area (Å²) < 4.78 is 0. The highest BCUT2D eigenvalue weighted by Gasteiger charge is 2.24. The Morgan fingerprint density at radius 1 is 1.41 bits per heavy atom. The SMILES string of the molecule is CCC(C)(CCCl)NC(=O)CCC1CCCC1. The molecule has 1 atom stereocenters. The van der Waals surface area contributed by atoms with E-state index in [0.717, 1.165) is 25.2 Å². The van der Waals surface area contributed by atoms with Crippen molar-refractivity contribution in [2.24, 2.45) is 5.92 Å². The van der Waals surface area contributed by atoms with Crippen molar-refractivity contribution in [3.8, 4) is 0 Å². The minimum absolute atomic E-state index is 0.117. The summed E-state index contributed by atoms with van der Waals surface area (Å²) in [6.45, 7) is 4.19. The molecule has 0 aromatic carbocycles. The van der Waals surface area contributed by atoms with Gasteiger partial charge in [0.2, 0.25) is 5.91 Å². The van der Waals surface area contributed by atoms with E-state index >= 15 is 0 Å². The molecule has 0 bridgehead atoms. The van der Waals surface area contributed by atoms with Crippen LogP contribution in [0.4, 0.5) is 0 Å². The summed E-state index contributed by atoms with van der Waals surface area (Å²) in [5.74, 6) is 1.60. The van der Waals surface area contributed by atoms with Gasteiger partial charge in [-0.15, -0.1) is 11.6 Å². The van der Waals surface area contributed by atoms with Gasteiger partial charge in [0.05, 0.1) is 0 Å². The van der Waals surface area contributed by atoms with Gasteiger partial charge in [0.25, 0.3) is 0 Å². The normalized spacial score (nSPS) is 20.2. The number of alkyl halides is 1. The van der Waals surface area contributed by atoms with Crippen LogP contribution in [0.5, 0.6) is 0 Å². The predicted molar refractivity (Wildman–Crippen MR) is 73.4 cm³/mol. The maximum absolute atomic E-state index is 11.9. The molecule has 1 N–H and O–H groups in total. The van der Waals surface area contributed by atoms with Gasteiger partial charge in [-0.3, -0.25) is 4.79 Å². The van der Waals surface area contributed by atoms with Crippen molar-refractivity contribution < 1.29 is 4.79 Å². The minimum atomic E-state index is -0.117. The van der Waals surface area contributed by atoms with Crippen molar-refractivity contribution >= 4 is 17.5 Å². The monoisotopic (exact) mass is 259 g/mol. The number of carbonyl (C=O) groups excluding carboxylic acids is 1. The van der Waals surface area contributed by atoms with E-state index < -0.39 is 0 Å². The summed E-state index contributed by atoms with van der Waals surface area (Å²) in [7, 11) is 0. The third-order valence-corrected chi connectivity index (χ3v) is 4.31. The van der Waals surface area contributed by atoms with Gasteiger partial charge < -0.3 is 5.32 Å². The van der Waals surface area contributed by atoms with Crippen molar-refractivity contribution in [1.82, 2.24) is 5.32 Å². The van der Waals surface area contributed by atoms with E-state index in [1.165, 1.54) is 25.7 Å². The number of halogens is 1. The summed E-state index contributed by atoms with van der Waals surface area (Å²) in [6.07, 6.45) is 8.88. The van der Waals surface area contributed by atoms with Crippen LogP contribution in [-0.2, 0) is 4.79 Å². The third-order valence-electron chi connectivity index (χ3n) is 4.12. The molecule has 0 spiro atoms. The van der Waals surface area contributed by atoms with Gasteiger partial charge in [-0.1, -0.05) is 32.6 Å². The standard InChI is InChI=1S/C14H26ClNO/c1-3-14(2,10-11-15)16-13(17)9-8-12-6-4-5-7-12/h12H,3-11H2,1-2H3,(H,16,17). The molecule has 1 unspecified atom stereocenters. The van der Waals surface area contributed by atoms with Gasteiger partial charge in [0, 0.05) is 17.8 Å². The van der Waals surface area contributed by atoms with Crippen LogP contribution in [-0.4, -0.2) is 17.3 Å². The molecule has 1 amide bonds. The van der Waals surface area contributed by atoms with Gasteiger partial charge in [-0.25, -0.2) is 0 Å². The van der Waals surface area contributed by atoms with Crippen molar-refractivity contribution in [3.63, 3.8) is 0 Å². The molecule has 0 saturated heterocycles. The van der Waals surface area contributed by atoms with E-state index in [1.807, 2.05) is 0 Å². The average molecular weight is 260 g/mol. The van der Waals surface area contributed by atoms with E-state index in [1.54, 1.807) is 0 Å². The molecule has 0 heterocycles. The molecule has 1 fully saturated rings. The summed E-state index contributed by atoms with van der Waals surface area (Å²) in [4.78, 5) is 11.9. The first-order chi connectivity index (χ1) is 8.09. The highest BCUT2D eigenvalue weighted by Crippen LogP contribution is 2.28. The zero-order chi connectivity index (χ0) is 12.7. The number of amides is 1. The maximum atomic E-state index is 11.9. The average Bonchev–Trinajstić information content (AvgIpc) is 2.79. The van der Waals surface area contributed by atoms with Gasteiger partial charge in [0.15, 0.2) is 0 Å². The van der Waals surface area contributed by atoms with Crippen molar-refractivity contribution in [2.75, 3.05) is 5.88 Å². The fourth-order valence-electron chi connectivity index (χ4n) is 2.57. The molecule has 0 aromatic heterocycles. The lowest BCUT2D eigenvalue weighted by molar-refractivity contribution is -0.123. The zero-order valence-corrected chi connectivity index (χ0v) is 12.0. The van der Waals surface area contributed by atoms with Crippen molar-refractivity contribution in [1.29, 1.82) is 0 Å². The summed E-state index contributed by atoms with van der Waals surface area (Å²) in [6, 6.07) is 0. The molecule has 0 radical (unpaired) electrons. The molecular weight excluding hydrogens is 234 g/mol. The Morgan fingerprint density at radius 3 is 2.59 bits per heavy atom. The molecule has 2 nitrogen and oxygen atoms in total. The zero-order valence-electron chi connectivity index (χ0n) is 11.2. The molecule has 1 rings (SSSR count). The van der Waals surface area contributed by atoms with Gasteiger partial charge in [-0.2, -0.15) is 0 Å². The second kappa shape index (κ2) is 7.25. The second-order valence-corrected chi connectivity index (χ2v) is 5.97. The maximum Gasteiger partial charge on any atom is 0.220 e. The molecule has 0 aromatic rings. The smallest absolute Gasteiger partial charge is 0.220 e. The number of carbonyl (C=O) groups is 1. The quantitative estimate of drug-likeness (QED) is 0.691. The van der Waals surface area contributed by atoms with Gasteiger partial charge in [-0.05, 0) is 32.1 Å². The van der Waals surface area contributed by atoms with Crippen LogP contribution in [0.15, 0.2) is 0 Å². The summed E-state index contributed by atoms with van der Waals surface area (Å²) in [5.41, 5.74) is -0.117. The van der Waals surface area contributed by atoms with Crippen LogP contribution in [0.1, 0.15) is 65.2 Å². The molecule has 1 aliphatic carbocycles. The fourth-order valence-corrected chi connectivity index (χ4v) is 2.99. The topological polar surface area (TPSA) is 29.1 Å². The number of nitrogens with one attached hydrogen (secondary N) is 1. The third kappa shape index (κ3) is 5.29. The Morgan fingerprint density at radius 2 is 2.06 bits per heavy atom. The van der Waals surface area contributed by atoms with Crippen LogP contribution in [0, 0.1) is 5.92 Å². The molecule has 3 heteroatoms. The first kappa shape index (κ1) is 14.8. The predicted octanol–water partition coefficient (Wildman–Crippen LogP) is 3.87. The van der Waals surface area contributed by atoms with Crippen molar-refractivity contribution in [2.45, 2.75) is 70.8 Å². The van der Waals surface area contributed by atoms with E-state index in [-0.39, 0.29) is 11.4 Å². The Balaban J connectivity index is 2.26. The highest BCUT2D eigenvalue weighted by atomic mass is 35.5. The summed E-state index contributed by atoms with van der Waals surface area (Å²) >= 11 is 5.78. The first-order valence-electron chi connectivity index (χ1n) is 6.96. The lowest BCUT2D eigenvalue weighted by Gasteiger charge is -2.29. The van der Waals surface area contributed by atoms with Crippen LogP contribution >= 0.6 is 11.6 Å². The summed E-state index contributed by atoms with van der Waals surface area (Å²) in [5, 5.41) is 3.14. The van der Waals surface area contributed by atoms with Crippen molar-refractivity contribution in [3.05, 3.63) is 0 Å². The van der Waals surface area contributed by atoms with Gasteiger partial charge in [0.1, 0.15) is 0 Å². The Kier molecular flexibility index (Phi) is 6.32. The Labute approximate surface area is 110 Å². The van der Waals surface area contributed by atoms with E-state index in [4.69, 9.17) is 11.6 Å². The number of hydrogen-bond acceptors (Lipinski definition) is 1. The van der Waals surface area contributed by atoms with Crippen LogP contribution < -0.4 is 5.32 Å². The highest BCUT2D eigenvalue weighted by molar-refractivity contribution is 6.17. The van der Waals surface area contributed by atoms with Gasteiger partial charge >= 0.3 is 0 Å². The molecule has 1 aliphatic rings. The van der Waals surface area contributed by atoms with E-state index in [9.17, 15) is 4.79 Å². The van der Waals surface area contributed by atoms with E-state index in [2.05, 4.69) is 19.2 Å². The lowest BCUT2D eigenvalue weighted by atomic mass is 9.94. The molecule has 17 heavy (non-hydrogen) atoms. The van der Waals surface area contributed by atoms with Crippen LogP contribution in [0.3, 0.4) is 0 Å². The second-order valence-electron chi connectivity index (χ2n) is 5.59. The minimum Gasteiger partial charge on any atom is -0.351 e. The molecule has 100 valence electrons. The lowest BCUT2D eigenvalue weighted by Crippen LogP contribution is -2.45. The number of hydrogen-bond donors (Lipinski definition) is 1. The van der Waals surface area contributed by atoms with E-state index in [0.29, 0.717) is 12.3 Å². The number of rotatable bonds is 7. The van der Waals surface area contributed by atoms with Crippen LogP contribution in [0.2, 0.25) is 0 Å². The fraction of sp³-hybridized carbons (Fsp3) is 0.929. The molecule has 0 aliphatic heterocycles. The molecule has 1 saturated carbocycles. The van der Waals surface area contributed by atoms with Crippen LogP contribution in [0.25, 0.3) is 0 Å².